The number of fused-ring (bicyclic) bond motifs is 1. The van der Waals surface area contributed by atoms with Gasteiger partial charge < -0.3 is 10.5 Å². The normalized spacial score (nSPS) is 11.3. The highest BCUT2D eigenvalue weighted by Gasteiger charge is 2.11. The molecule has 2 aromatic carbocycles. The summed E-state index contributed by atoms with van der Waals surface area (Å²) in [4.78, 5) is 7.07. The number of hydrogen-bond acceptors (Lipinski definition) is 5. The van der Waals surface area contributed by atoms with E-state index in [1.807, 2.05) is 24.3 Å². The van der Waals surface area contributed by atoms with Crippen molar-refractivity contribution < 1.29 is 4.74 Å². The first-order valence-corrected chi connectivity index (χ1v) is 8.50. The number of aromatic nitrogens is 1. The zero-order valence-corrected chi connectivity index (χ0v) is 14.1. The number of hydrogen-bond donors (Lipinski definition) is 1. The highest BCUT2D eigenvalue weighted by Crippen LogP contribution is 2.27. The topological polar surface area (TPSA) is 51.4 Å². The minimum absolute atomic E-state index is 0.644. The molecule has 2 N–H and O–H groups in total. The van der Waals surface area contributed by atoms with Gasteiger partial charge in [-0.15, -0.1) is 11.3 Å². The van der Waals surface area contributed by atoms with Gasteiger partial charge in [0.15, 0.2) is 0 Å². The van der Waals surface area contributed by atoms with Crippen LogP contribution < -0.4 is 10.5 Å². The van der Waals surface area contributed by atoms with Crippen LogP contribution in [-0.4, -0.2) is 30.1 Å². The van der Waals surface area contributed by atoms with E-state index in [1.165, 1.54) is 5.56 Å². The van der Waals surface area contributed by atoms with Crippen molar-refractivity contribution in [3.8, 4) is 5.75 Å². The fourth-order valence-electron chi connectivity index (χ4n) is 2.58. The molecule has 0 aliphatic carbocycles. The van der Waals surface area contributed by atoms with Crippen molar-refractivity contribution in [1.29, 1.82) is 0 Å². The Kier molecular flexibility index (Phi) is 5.23. The van der Waals surface area contributed by atoms with E-state index in [2.05, 4.69) is 29.2 Å². The summed E-state index contributed by atoms with van der Waals surface area (Å²) in [6, 6.07) is 16.5. The molecular weight excluding hydrogens is 306 g/mol. The maximum atomic E-state index is 5.77. The molecule has 1 heterocycles. The molecule has 3 rings (SSSR count). The van der Waals surface area contributed by atoms with E-state index in [0.717, 1.165) is 40.6 Å². The molecule has 4 nitrogen and oxygen atoms in total. The molecule has 0 fully saturated rings. The Labute approximate surface area is 140 Å². The summed E-state index contributed by atoms with van der Waals surface area (Å²) in [6.45, 7) is 3.20. The fourth-order valence-corrected chi connectivity index (χ4v) is 3.62. The van der Waals surface area contributed by atoms with Crippen LogP contribution in [0.1, 0.15) is 10.6 Å². The number of nitrogens with zero attached hydrogens (tertiary/aromatic N) is 2. The maximum Gasteiger partial charge on any atom is 0.120 e. The van der Waals surface area contributed by atoms with Crippen molar-refractivity contribution in [2.75, 3.05) is 20.2 Å². The first-order chi connectivity index (χ1) is 11.3. The second kappa shape index (κ2) is 7.55. The van der Waals surface area contributed by atoms with Crippen molar-refractivity contribution in [2.24, 2.45) is 5.73 Å². The van der Waals surface area contributed by atoms with Gasteiger partial charge >= 0.3 is 0 Å². The Morgan fingerprint density at radius 3 is 2.70 bits per heavy atom. The minimum atomic E-state index is 0.644. The zero-order chi connectivity index (χ0) is 16.1. The number of thiazole rings is 1. The van der Waals surface area contributed by atoms with Gasteiger partial charge in [-0.05, 0) is 23.8 Å². The van der Waals surface area contributed by atoms with Crippen molar-refractivity contribution in [3.05, 3.63) is 59.1 Å². The highest BCUT2D eigenvalue weighted by molar-refractivity contribution is 7.18. The lowest BCUT2D eigenvalue weighted by Crippen LogP contribution is -2.28. The van der Waals surface area contributed by atoms with Crippen LogP contribution in [-0.2, 0) is 13.1 Å². The van der Waals surface area contributed by atoms with Gasteiger partial charge in [0.05, 0.1) is 23.9 Å². The molecule has 0 bridgehead atoms. The standard InChI is InChI=1S/C18H21N3OS/c1-22-15-7-8-16-17(11-15)23-18(20-16)13-21(10-9-19)12-14-5-3-2-4-6-14/h2-8,11H,9-10,12-13,19H2,1H3. The third-order valence-electron chi connectivity index (χ3n) is 3.69. The largest absolute Gasteiger partial charge is 0.497 e. The predicted molar refractivity (Wildman–Crippen MR) is 95.8 cm³/mol. The SMILES string of the molecule is COc1ccc2nc(CN(CCN)Cc3ccccc3)sc2c1. The van der Waals surface area contributed by atoms with E-state index in [1.54, 1.807) is 18.4 Å². The van der Waals surface area contributed by atoms with Crippen LogP contribution in [0.15, 0.2) is 48.5 Å². The lowest BCUT2D eigenvalue weighted by atomic mass is 10.2. The molecule has 1 aromatic heterocycles. The Bertz CT molecular complexity index is 757. The third kappa shape index (κ3) is 4.07. The van der Waals surface area contributed by atoms with E-state index >= 15 is 0 Å². The zero-order valence-electron chi connectivity index (χ0n) is 13.2. The molecule has 0 aliphatic heterocycles. The molecule has 0 aliphatic rings. The van der Waals surface area contributed by atoms with Crippen molar-refractivity contribution in [1.82, 2.24) is 9.88 Å². The van der Waals surface area contributed by atoms with Gasteiger partial charge in [-0.2, -0.15) is 0 Å². The number of benzene rings is 2. The smallest absolute Gasteiger partial charge is 0.120 e. The van der Waals surface area contributed by atoms with Gasteiger partial charge in [-0.3, -0.25) is 4.90 Å². The summed E-state index contributed by atoms with van der Waals surface area (Å²) in [7, 11) is 1.69. The monoisotopic (exact) mass is 327 g/mol. The summed E-state index contributed by atoms with van der Waals surface area (Å²) < 4.78 is 6.44. The number of ether oxygens (including phenoxy) is 1. The van der Waals surface area contributed by atoms with E-state index in [0.29, 0.717) is 6.54 Å². The van der Waals surface area contributed by atoms with Gasteiger partial charge in [-0.1, -0.05) is 30.3 Å². The van der Waals surface area contributed by atoms with E-state index < -0.39 is 0 Å². The molecule has 0 amide bonds. The molecule has 0 spiro atoms. The highest BCUT2D eigenvalue weighted by atomic mass is 32.1. The van der Waals surface area contributed by atoms with Gasteiger partial charge in [0.25, 0.3) is 0 Å². The number of rotatable bonds is 7. The molecule has 0 radical (unpaired) electrons. The first kappa shape index (κ1) is 15.9. The molecule has 120 valence electrons. The lowest BCUT2D eigenvalue weighted by Gasteiger charge is -2.20. The average molecular weight is 327 g/mol. The lowest BCUT2D eigenvalue weighted by molar-refractivity contribution is 0.264. The first-order valence-electron chi connectivity index (χ1n) is 7.68. The molecule has 0 atom stereocenters. The molecular formula is C18H21N3OS. The molecule has 0 unspecified atom stereocenters. The molecule has 23 heavy (non-hydrogen) atoms. The Morgan fingerprint density at radius 1 is 1.13 bits per heavy atom. The second-order valence-electron chi connectivity index (χ2n) is 5.43. The van der Waals surface area contributed by atoms with Crippen LogP contribution in [0.3, 0.4) is 0 Å². The third-order valence-corrected chi connectivity index (χ3v) is 4.70. The molecule has 5 heteroatoms. The number of nitrogens with two attached hydrogens (primary N) is 1. The molecule has 0 saturated heterocycles. The van der Waals surface area contributed by atoms with Crippen LogP contribution in [0.25, 0.3) is 10.2 Å². The van der Waals surface area contributed by atoms with E-state index in [-0.39, 0.29) is 0 Å². The van der Waals surface area contributed by atoms with E-state index in [9.17, 15) is 0 Å². The molecule has 3 aromatic rings. The van der Waals surface area contributed by atoms with Gasteiger partial charge in [0, 0.05) is 19.6 Å². The second-order valence-corrected chi connectivity index (χ2v) is 6.54. The Hall–Kier alpha value is -1.95. The Balaban J connectivity index is 1.76. The quantitative estimate of drug-likeness (QED) is 0.723. The van der Waals surface area contributed by atoms with Gasteiger partial charge in [0.2, 0.25) is 0 Å². The van der Waals surface area contributed by atoms with Crippen molar-refractivity contribution >= 4 is 21.6 Å². The Morgan fingerprint density at radius 2 is 1.96 bits per heavy atom. The summed E-state index contributed by atoms with van der Waals surface area (Å²) >= 11 is 1.72. The fraction of sp³-hybridized carbons (Fsp3) is 0.278. The van der Waals surface area contributed by atoms with Crippen LogP contribution in [0.5, 0.6) is 5.75 Å². The summed E-state index contributed by atoms with van der Waals surface area (Å²) in [6.07, 6.45) is 0. The van der Waals surface area contributed by atoms with Gasteiger partial charge in [-0.25, -0.2) is 4.98 Å². The summed E-state index contributed by atoms with van der Waals surface area (Å²) in [5.41, 5.74) is 8.10. The number of methoxy groups -OCH3 is 1. The maximum absolute atomic E-state index is 5.77. The van der Waals surface area contributed by atoms with Crippen LogP contribution >= 0.6 is 11.3 Å². The van der Waals surface area contributed by atoms with Crippen LogP contribution in [0.4, 0.5) is 0 Å². The average Bonchev–Trinajstić information content (AvgIpc) is 2.97. The van der Waals surface area contributed by atoms with E-state index in [4.69, 9.17) is 15.5 Å². The van der Waals surface area contributed by atoms with Crippen molar-refractivity contribution in [2.45, 2.75) is 13.1 Å². The van der Waals surface area contributed by atoms with Gasteiger partial charge in [0.1, 0.15) is 10.8 Å². The van der Waals surface area contributed by atoms with Crippen LogP contribution in [0, 0.1) is 0 Å². The van der Waals surface area contributed by atoms with Crippen molar-refractivity contribution in [3.63, 3.8) is 0 Å². The summed E-state index contributed by atoms with van der Waals surface area (Å²) in [5, 5.41) is 1.11. The summed E-state index contributed by atoms with van der Waals surface area (Å²) in [5.74, 6) is 0.871. The minimum Gasteiger partial charge on any atom is -0.497 e. The van der Waals surface area contributed by atoms with Crippen LogP contribution in [0.2, 0.25) is 0 Å². The predicted octanol–water partition coefficient (Wildman–Crippen LogP) is 3.27. The molecule has 0 saturated carbocycles.